The maximum Gasteiger partial charge on any atom is 0.295 e. The summed E-state index contributed by atoms with van der Waals surface area (Å²) in [6.45, 7) is 4.93. The first-order valence-corrected chi connectivity index (χ1v) is 11.1. The van der Waals surface area contributed by atoms with E-state index in [1.807, 2.05) is 19.1 Å². The van der Waals surface area contributed by atoms with Crippen molar-refractivity contribution in [2.24, 2.45) is 0 Å². The molecular formula is C24H25Cl2NO4. The average Bonchev–Trinajstić information content (AvgIpc) is 3.01. The lowest BCUT2D eigenvalue weighted by molar-refractivity contribution is -0.139. The number of carbonyl (C=O) groups excluding carboxylic acids is 2. The number of rotatable bonds is 8. The van der Waals surface area contributed by atoms with Crippen LogP contribution in [0.4, 0.5) is 0 Å². The molecule has 1 aliphatic rings. The number of halogens is 2. The molecule has 0 aromatic heterocycles. The van der Waals surface area contributed by atoms with E-state index in [9.17, 15) is 14.7 Å². The van der Waals surface area contributed by atoms with Crippen molar-refractivity contribution in [3.8, 4) is 5.75 Å². The van der Waals surface area contributed by atoms with Gasteiger partial charge >= 0.3 is 0 Å². The van der Waals surface area contributed by atoms with Crippen molar-refractivity contribution in [1.29, 1.82) is 0 Å². The minimum atomic E-state index is -0.709. The van der Waals surface area contributed by atoms with Crippen LogP contribution in [-0.4, -0.2) is 34.8 Å². The normalized spacial score (nSPS) is 17.9. The van der Waals surface area contributed by atoms with Crippen molar-refractivity contribution in [2.45, 2.75) is 39.2 Å². The van der Waals surface area contributed by atoms with E-state index in [-0.39, 0.29) is 16.4 Å². The number of aliphatic hydroxyl groups is 1. The number of benzene rings is 2. The Morgan fingerprint density at radius 3 is 2.35 bits per heavy atom. The molecule has 2 aromatic carbocycles. The van der Waals surface area contributed by atoms with Gasteiger partial charge in [0.15, 0.2) is 0 Å². The van der Waals surface area contributed by atoms with Gasteiger partial charge in [0.1, 0.15) is 11.5 Å². The number of ketones is 1. The van der Waals surface area contributed by atoms with Crippen molar-refractivity contribution < 1.29 is 19.4 Å². The Morgan fingerprint density at radius 2 is 1.74 bits per heavy atom. The SMILES string of the molecule is CCCCCN1C(=O)C(=O)/C(=C(\O)c2ccc(Cl)c(Cl)c2)C1c1ccc(OCC)cc1. The van der Waals surface area contributed by atoms with Crippen LogP contribution in [0.5, 0.6) is 5.75 Å². The van der Waals surface area contributed by atoms with Crippen LogP contribution >= 0.6 is 23.2 Å². The van der Waals surface area contributed by atoms with Gasteiger partial charge in [0.05, 0.1) is 28.3 Å². The molecule has 1 atom stereocenters. The highest BCUT2D eigenvalue weighted by atomic mass is 35.5. The number of Topliss-reactive ketones (excluding diaryl/α,β-unsaturated/α-hetero) is 1. The number of ether oxygens (including phenoxy) is 1. The fraction of sp³-hybridized carbons (Fsp3) is 0.333. The van der Waals surface area contributed by atoms with Crippen LogP contribution in [0.1, 0.15) is 50.3 Å². The molecule has 1 unspecified atom stereocenters. The predicted octanol–water partition coefficient (Wildman–Crippen LogP) is 6.00. The van der Waals surface area contributed by atoms with Gasteiger partial charge in [-0.15, -0.1) is 0 Å². The van der Waals surface area contributed by atoms with E-state index in [4.69, 9.17) is 27.9 Å². The highest BCUT2D eigenvalue weighted by Crippen LogP contribution is 2.40. The van der Waals surface area contributed by atoms with Gasteiger partial charge in [-0.3, -0.25) is 9.59 Å². The van der Waals surface area contributed by atoms with Crippen LogP contribution in [0.25, 0.3) is 5.76 Å². The molecule has 31 heavy (non-hydrogen) atoms. The highest BCUT2D eigenvalue weighted by Gasteiger charge is 2.45. The van der Waals surface area contributed by atoms with E-state index < -0.39 is 17.7 Å². The summed E-state index contributed by atoms with van der Waals surface area (Å²) in [6, 6.07) is 11.1. The van der Waals surface area contributed by atoms with Gasteiger partial charge < -0.3 is 14.7 Å². The fourth-order valence-corrected chi connectivity index (χ4v) is 4.00. The van der Waals surface area contributed by atoms with Crippen LogP contribution < -0.4 is 4.74 Å². The third-order valence-electron chi connectivity index (χ3n) is 5.24. The van der Waals surface area contributed by atoms with Gasteiger partial charge in [0, 0.05) is 12.1 Å². The number of unbranched alkanes of at least 4 members (excludes halogenated alkanes) is 2. The van der Waals surface area contributed by atoms with Crippen molar-refractivity contribution in [1.82, 2.24) is 4.90 Å². The lowest BCUT2D eigenvalue weighted by Crippen LogP contribution is -2.30. The lowest BCUT2D eigenvalue weighted by atomic mass is 9.95. The first-order valence-electron chi connectivity index (χ1n) is 10.4. The molecule has 1 N–H and O–H groups in total. The predicted molar refractivity (Wildman–Crippen MR) is 123 cm³/mol. The fourth-order valence-electron chi connectivity index (χ4n) is 3.70. The molecule has 0 bridgehead atoms. The monoisotopic (exact) mass is 461 g/mol. The topological polar surface area (TPSA) is 66.8 Å². The summed E-state index contributed by atoms with van der Waals surface area (Å²) in [5.74, 6) is -0.900. The maximum atomic E-state index is 13.0. The molecule has 7 heteroatoms. The van der Waals surface area contributed by atoms with Gasteiger partial charge in [0.2, 0.25) is 0 Å². The van der Waals surface area contributed by atoms with Crippen LogP contribution in [0.2, 0.25) is 10.0 Å². The first kappa shape index (κ1) is 23.2. The van der Waals surface area contributed by atoms with Gasteiger partial charge in [0.25, 0.3) is 11.7 Å². The zero-order valence-corrected chi connectivity index (χ0v) is 19.0. The molecule has 0 aliphatic carbocycles. The van der Waals surface area contributed by atoms with Crippen LogP contribution in [-0.2, 0) is 9.59 Å². The van der Waals surface area contributed by atoms with Gasteiger partial charge in [-0.1, -0.05) is 55.1 Å². The molecule has 1 amide bonds. The Morgan fingerprint density at radius 1 is 1.03 bits per heavy atom. The number of hydrogen-bond acceptors (Lipinski definition) is 4. The smallest absolute Gasteiger partial charge is 0.295 e. The van der Waals surface area contributed by atoms with Crippen LogP contribution in [0.3, 0.4) is 0 Å². The van der Waals surface area contributed by atoms with E-state index in [0.29, 0.717) is 29.5 Å². The van der Waals surface area contributed by atoms with Gasteiger partial charge in [-0.25, -0.2) is 0 Å². The summed E-state index contributed by atoms with van der Waals surface area (Å²) in [6.07, 6.45) is 2.69. The molecule has 0 radical (unpaired) electrons. The number of hydrogen-bond donors (Lipinski definition) is 1. The maximum absolute atomic E-state index is 13.0. The van der Waals surface area contributed by atoms with E-state index in [1.165, 1.54) is 11.0 Å². The molecule has 0 saturated carbocycles. The van der Waals surface area contributed by atoms with Crippen molar-refractivity contribution in [2.75, 3.05) is 13.2 Å². The quantitative estimate of drug-likeness (QED) is 0.226. The van der Waals surface area contributed by atoms with Crippen molar-refractivity contribution in [3.05, 3.63) is 69.2 Å². The standard InChI is InChI=1S/C24H25Cl2NO4/c1-3-5-6-13-27-21(15-7-10-17(11-8-15)31-4-2)20(23(29)24(27)30)22(28)16-9-12-18(25)19(26)14-16/h7-12,14,21,28H,3-6,13H2,1-2H3/b22-20-. The summed E-state index contributed by atoms with van der Waals surface area (Å²) < 4.78 is 5.50. The first-order chi connectivity index (χ1) is 14.9. The summed E-state index contributed by atoms with van der Waals surface area (Å²) in [4.78, 5) is 27.4. The summed E-state index contributed by atoms with van der Waals surface area (Å²) in [5, 5.41) is 11.6. The molecule has 2 aromatic rings. The van der Waals surface area contributed by atoms with E-state index >= 15 is 0 Å². The van der Waals surface area contributed by atoms with E-state index in [2.05, 4.69) is 6.92 Å². The Labute approximate surface area is 192 Å². The zero-order chi connectivity index (χ0) is 22.5. The number of nitrogens with zero attached hydrogens (tertiary/aromatic N) is 1. The third kappa shape index (κ3) is 4.89. The molecule has 1 heterocycles. The molecule has 3 rings (SSSR count). The molecular weight excluding hydrogens is 437 g/mol. The molecule has 1 saturated heterocycles. The van der Waals surface area contributed by atoms with Crippen LogP contribution in [0.15, 0.2) is 48.0 Å². The molecule has 0 spiro atoms. The number of aliphatic hydroxyl groups excluding tert-OH is 1. The highest BCUT2D eigenvalue weighted by molar-refractivity contribution is 6.46. The second-order valence-corrected chi connectivity index (χ2v) is 8.14. The molecule has 5 nitrogen and oxygen atoms in total. The summed E-state index contributed by atoms with van der Waals surface area (Å²) in [5.41, 5.74) is 1.10. The Hall–Kier alpha value is -2.50. The number of likely N-dealkylation sites (tertiary alicyclic amines) is 1. The Bertz CT molecular complexity index is 1000. The number of amides is 1. The number of carbonyl (C=O) groups is 2. The van der Waals surface area contributed by atoms with Crippen molar-refractivity contribution in [3.63, 3.8) is 0 Å². The minimum absolute atomic E-state index is 0.0454. The zero-order valence-electron chi connectivity index (χ0n) is 17.5. The second-order valence-electron chi connectivity index (χ2n) is 7.33. The molecule has 1 aliphatic heterocycles. The molecule has 164 valence electrons. The third-order valence-corrected chi connectivity index (χ3v) is 5.98. The van der Waals surface area contributed by atoms with Crippen LogP contribution in [0, 0.1) is 0 Å². The Balaban J connectivity index is 2.10. The van der Waals surface area contributed by atoms with E-state index in [0.717, 1.165) is 24.8 Å². The van der Waals surface area contributed by atoms with E-state index in [1.54, 1.807) is 24.3 Å². The Kier molecular flexibility index (Phi) is 7.63. The summed E-state index contributed by atoms with van der Waals surface area (Å²) in [7, 11) is 0. The lowest BCUT2D eigenvalue weighted by Gasteiger charge is -2.25. The van der Waals surface area contributed by atoms with Gasteiger partial charge in [-0.2, -0.15) is 0 Å². The minimum Gasteiger partial charge on any atom is -0.507 e. The van der Waals surface area contributed by atoms with Gasteiger partial charge in [-0.05, 0) is 49.2 Å². The summed E-state index contributed by atoms with van der Waals surface area (Å²) >= 11 is 12.1. The van der Waals surface area contributed by atoms with Crippen molar-refractivity contribution >= 4 is 40.7 Å². The average molecular weight is 462 g/mol. The second kappa shape index (κ2) is 10.2. The largest absolute Gasteiger partial charge is 0.507 e. The molecule has 1 fully saturated rings.